The summed E-state index contributed by atoms with van der Waals surface area (Å²) >= 11 is 0. The summed E-state index contributed by atoms with van der Waals surface area (Å²) in [7, 11) is 4.12. The van der Waals surface area contributed by atoms with Gasteiger partial charge in [0.15, 0.2) is 23.1 Å². The molecule has 0 aliphatic carbocycles. The normalized spacial score (nSPS) is 14.7. The van der Waals surface area contributed by atoms with Gasteiger partial charge in [0, 0.05) is 38.3 Å². The van der Waals surface area contributed by atoms with Crippen molar-refractivity contribution >= 4 is 23.1 Å². The van der Waals surface area contributed by atoms with Crippen LogP contribution in [0.3, 0.4) is 0 Å². The Labute approximate surface area is 280 Å². The van der Waals surface area contributed by atoms with Crippen LogP contribution in [-0.4, -0.2) is 86.4 Å². The van der Waals surface area contributed by atoms with E-state index in [9.17, 15) is 0 Å². The standard InChI is InChI=1S/2C18H27N3O.2CH4/c2*1-8-22-20-17(18-19-9-10-21(18)7)16-14(5)12(3)11(2)13(4)15(16)6;;/h2*8-10H2,1-7H3;2*1H4. The van der Waals surface area contributed by atoms with Crippen molar-refractivity contribution in [3.63, 3.8) is 0 Å². The van der Waals surface area contributed by atoms with E-state index in [1.807, 2.05) is 13.8 Å². The van der Waals surface area contributed by atoms with Crippen LogP contribution >= 0.6 is 0 Å². The molecule has 2 heterocycles. The van der Waals surface area contributed by atoms with Gasteiger partial charge < -0.3 is 19.5 Å². The summed E-state index contributed by atoms with van der Waals surface area (Å²) < 4.78 is 0. The van der Waals surface area contributed by atoms with E-state index in [1.165, 1.54) is 66.8 Å². The van der Waals surface area contributed by atoms with Crippen molar-refractivity contribution in [1.82, 2.24) is 9.80 Å². The third-order valence-electron chi connectivity index (χ3n) is 9.58. The maximum absolute atomic E-state index is 5.41. The monoisotopic (exact) mass is 634 g/mol. The predicted octanol–water partition coefficient (Wildman–Crippen LogP) is 7.90. The first kappa shape index (κ1) is 40.3. The lowest BCUT2D eigenvalue weighted by Gasteiger charge is -2.22. The van der Waals surface area contributed by atoms with Crippen LogP contribution in [-0.2, 0) is 9.68 Å². The number of likely N-dealkylation sites (N-methyl/N-ethyl adjacent to an activating group) is 2. The highest BCUT2D eigenvalue weighted by Crippen LogP contribution is 2.29. The fourth-order valence-corrected chi connectivity index (χ4v) is 5.94. The van der Waals surface area contributed by atoms with E-state index in [-0.39, 0.29) is 14.9 Å². The number of oxime groups is 2. The Morgan fingerprint density at radius 3 is 1.00 bits per heavy atom. The van der Waals surface area contributed by atoms with Crippen LogP contribution in [0.1, 0.15) is 95.5 Å². The van der Waals surface area contributed by atoms with Gasteiger partial charge in [-0.2, -0.15) is 0 Å². The van der Waals surface area contributed by atoms with Crippen LogP contribution in [0, 0.1) is 69.2 Å². The zero-order chi connectivity index (χ0) is 32.9. The molecule has 46 heavy (non-hydrogen) atoms. The second-order valence-electron chi connectivity index (χ2n) is 12.0. The van der Waals surface area contributed by atoms with Crippen molar-refractivity contribution in [2.24, 2.45) is 20.3 Å². The van der Waals surface area contributed by atoms with Gasteiger partial charge in [-0.15, -0.1) is 0 Å². The molecular weight excluding hydrogens is 572 g/mol. The predicted molar refractivity (Wildman–Crippen MR) is 200 cm³/mol. The molecule has 0 amide bonds. The Hall–Kier alpha value is -3.68. The van der Waals surface area contributed by atoms with Crippen LogP contribution in [0.25, 0.3) is 0 Å². The van der Waals surface area contributed by atoms with E-state index < -0.39 is 0 Å². The summed E-state index contributed by atoms with van der Waals surface area (Å²) in [6.45, 7) is 30.3. The first-order chi connectivity index (χ1) is 20.8. The van der Waals surface area contributed by atoms with E-state index in [0.29, 0.717) is 13.2 Å². The smallest absolute Gasteiger partial charge is 0.153 e. The fourth-order valence-electron chi connectivity index (χ4n) is 5.94. The first-order valence-electron chi connectivity index (χ1n) is 15.9. The SMILES string of the molecule is C.C.CCON=C(C1=NCCN1C)c1c(C)c(C)c(C)c(C)c1C.CCON=C(C1=NCCN1C)c1c(C)c(C)c(C)c(C)c1C. The molecule has 4 rings (SSSR count). The topological polar surface area (TPSA) is 74.4 Å². The molecule has 0 saturated heterocycles. The second-order valence-corrected chi connectivity index (χ2v) is 12.0. The van der Waals surface area contributed by atoms with Crippen molar-refractivity contribution < 1.29 is 9.68 Å². The average Bonchev–Trinajstić information content (AvgIpc) is 3.64. The number of aliphatic imine (C=N–C) groups is 2. The minimum Gasteiger partial charge on any atom is -0.396 e. The summed E-state index contributed by atoms with van der Waals surface area (Å²) in [5.74, 6) is 1.87. The maximum atomic E-state index is 5.41. The molecule has 256 valence electrons. The minimum atomic E-state index is 0. The van der Waals surface area contributed by atoms with Gasteiger partial charge in [-0.1, -0.05) is 25.2 Å². The highest BCUT2D eigenvalue weighted by molar-refractivity contribution is 6.48. The molecule has 0 spiro atoms. The molecule has 0 atom stereocenters. The highest BCUT2D eigenvalue weighted by Gasteiger charge is 2.27. The van der Waals surface area contributed by atoms with Gasteiger partial charge in [-0.3, -0.25) is 9.98 Å². The van der Waals surface area contributed by atoms with Gasteiger partial charge in [0.05, 0.1) is 13.1 Å². The van der Waals surface area contributed by atoms with Gasteiger partial charge in [0.1, 0.15) is 13.2 Å². The molecular formula is C38H62N6O2. The quantitative estimate of drug-likeness (QED) is 0.219. The molecule has 2 aliphatic rings. The van der Waals surface area contributed by atoms with Gasteiger partial charge in [-0.25, -0.2) is 0 Å². The minimum absolute atomic E-state index is 0. The van der Waals surface area contributed by atoms with Crippen molar-refractivity contribution in [3.05, 3.63) is 66.8 Å². The number of benzene rings is 2. The molecule has 8 nitrogen and oxygen atoms in total. The number of nitrogens with zero attached hydrogens (tertiary/aromatic N) is 6. The Morgan fingerprint density at radius 2 is 0.783 bits per heavy atom. The van der Waals surface area contributed by atoms with E-state index in [1.54, 1.807) is 0 Å². The van der Waals surface area contributed by atoms with Crippen LogP contribution in [0.15, 0.2) is 20.3 Å². The molecule has 0 bridgehead atoms. The summed E-state index contributed by atoms with van der Waals surface area (Å²) in [4.78, 5) is 24.4. The van der Waals surface area contributed by atoms with E-state index in [2.05, 4.69) is 113 Å². The van der Waals surface area contributed by atoms with Crippen molar-refractivity contribution in [3.8, 4) is 0 Å². The summed E-state index contributed by atoms with van der Waals surface area (Å²) in [5.41, 5.74) is 17.1. The Morgan fingerprint density at radius 1 is 0.522 bits per heavy atom. The molecule has 0 aromatic heterocycles. The Bertz CT molecular complexity index is 1340. The lowest BCUT2D eigenvalue weighted by atomic mass is 9.87. The average molecular weight is 635 g/mol. The molecule has 0 saturated carbocycles. The Balaban J connectivity index is 0.000000441. The maximum Gasteiger partial charge on any atom is 0.153 e. The zero-order valence-corrected chi connectivity index (χ0v) is 29.7. The van der Waals surface area contributed by atoms with E-state index >= 15 is 0 Å². The second kappa shape index (κ2) is 17.3. The summed E-state index contributed by atoms with van der Waals surface area (Å²) in [5, 5.41) is 8.85. The first-order valence-corrected chi connectivity index (χ1v) is 15.9. The third-order valence-corrected chi connectivity index (χ3v) is 9.58. The molecule has 8 heteroatoms. The molecule has 2 aliphatic heterocycles. The largest absolute Gasteiger partial charge is 0.396 e. The fraction of sp³-hybridized carbons (Fsp3) is 0.579. The van der Waals surface area contributed by atoms with E-state index in [4.69, 9.17) is 9.68 Å². The van der Waals surface area contributed by atoms with Crippen LogP contribution in [0.2, 0.25) is 0 Å². The number of rotatable bonds is 8. The Kier molecular flexibility index (Phi) is 15.2. The van der Waals surface area contributed by atoms with Gasteiger partial charge in [0.25, 0.3) is 0 Å². The number of hydrogen-bond donors (Lipinski definition) is 0. The van der Waals surface area contributed by atoms with Gasteiger partial charge in [-0.05, 0) is 139 Å². The molecule has 0 unspecified atom stereocenters. The molecule has 0 fully saturated rings. The number of amidine groups is 2. The number of hydrogen-bond acceptors (Lipinski definition) is 8. The van der Waals surface area contributed by atoms with Gasteiger partial charge in [0.2, 0.25) is 0 Å². The van der Waals surface area contributed by atoms with Gasteiger partial charge >= 0.3 is 0 Å². The molecule has 0 N–H and O–H groups in total. The molecule has 0 radical (unpaired) electrons. The molecule has 2 aromatic rings. The van der Waals surface area contributed by atoms with Crippen LogP contribution < -0.4 is 0 Å². The zero-order valence-electron chi connectivity index (χ0n) is 29.7. The highest BCUT2D eigenvalue weighted by atomic mass is 16.6. The van der Waals surface area contributed by atoms with Crippen molar-refractivity contribution in [1.29, 1.82) is 0 Å². The van der Waals surface area contributed by atoms with E-state index in [0.717, 1.165) is 49.3 Å². The van der Waals surface area contributed by atoms with Crippen LogP contribution in [0.4, 0.5) is 0 Å². The lowest BCUT2D eigenvalue weighted by molar-refractivity contribution is 0.159. The summed E-state index contributed by atoms with van der Waals surface area (Å²) in [6.07, 6.45) is 0. The lowest BCUT2D eigenvalue weighted by Crippen LogP contribution is -2.32. The van der Waals surface area contributed by atoms with Crippen molar-refractivity contribution in [2.75, 3.05) is 53.5 Å². The third kappa shape index (κ3) is 7.99. The molecule has 2 aromatic carbocycles. The summed E-state index contributed by atoms with van der Waals surface area (Å²) in [6, 6.07) is 0. The van der Waals surface area contributed by atoms with Crippen molar-refractivity contribution in [2.45, 2.75) is 97.9 Å². The van der Waals surface area contributed by atoms with Crippen LogP contribution in [0.5, 0.6) is 0 Å².